The molecule has 3 heterocycles. The van der Waals surface area contributed by atoms with E-state index in [1.807, 2.05) is 84.9 Å². The Bertz CT molecular complexity index is 2290. The lowest BCUT2D eigenvalue weighted by Crippen LogP contribution is -2.37. The molecule has 5 aromatic carbocycles. The van der Waals surface area contributed by atoms with E-state index < -0.39 is 0 Å². The van der Waals surface area contributed by atoms with Gasteiger partial charge in [0.25, 0.3) is 11.8 Å². The molecule has 3 aliphatic rings. The van der Waals surface area contributed by atoms with Gasteiger partial charge in [-0.2, -0.15) is 0 Å². The van der Waals surface area contributed by atoms with Gasteiger partial charge in [-0.15, -0.1) is 0 Å². The number of ether oxygens (including phenoxy) is 4. The first-order valence-electron chi connectivity index (χ1n) is 17.5. The van der Waals surface area contributed by atoms with Crippen LogP contribution in [0.5, 0.6) is 23.0 Å². The van der Waals surface area contributed by atoms with Gasteiger partial charge in [0.05, 0.1) is 37.1 Å². The van der Waals surface area contributed by atoms with Crippen molar-refractivity contribution in [2.45, 2.75) is 32.1 Å². The van der Waals surface area contributed by atoms with Gasteiger partial charge in [-0.25, -0.2) is 0 Å². The third-order valence-corrected chi connectivity index (χ3v) is 9.96. The van der Waals surface area contributed by atoms with Gasteiger partial charge in [0, 0.05) is 61.1 Å². The van der Waals surface area contributed by atoms with Crippen LogP contribution in [0.1, 0.15) is 43.0 Å². The molecule has 268 valence electrons. The lowest BCUT2D eigenvalue weighted by molar-refractivity contribution is 0.0980. The first-order valence-corrected chi connectivity index (χ1v) is 17.5. The first kappa shape index (κ1) is 33.6. The number of anilines is 4. The van der Waals surface area contributed by atoms with Crippen molar-refractivity contribution in [2.75, 3.05) is 48.7 Å². The van der Waals surface area contributed by atoms with E-state index in [0.717, 1.165) is 45.7 Å². The molecule has 1 unspecified atom stereocenters. The van der Waals surface area contributed by atoms with E-state index >= 15 is 0 Å². The number of carbonyl (C=O) groups is 2. The zero-order valence-electron chi connectivity index (χ0n) is 29.7. The highest BCUT2D eigenvalue weighted by Gasteiger charge is 2.36. The number of amides is 2. The maximum Gasteiger partial charge on any atom is 0.261 e. The number of methoxy groups -OCH3 is 2. The van der Waals surface area contributed by atoms with Crippen LogP contribution in [0.2, 0.25) is 0 Å². The number of hydrogen-bond acceptors (Lipinski definition) is 9. The maximum atomic E-state index is 13.8. The van der Waals surface area contributed by atoms with Crippen LogP contribution < -0.4 is 39.8 Å². The number of nitrogens with two attached hydrogens (primary N) is 1. The summed E-state index contributed by atoms with van der Waals surface area (Å²) in [6.45, 7) is 1.00. The number of hydrogen-bond donors (Lipinski definition) is 2. The van der Waals surface area contributed by atoms with Crippen molar-refractivity contribution in [1.82, 2.24) is 0 Å². The van der Waals surface area contributed by atoms with E-state index in [9.17, 15) is 9.59 Å². The molecule has 0 saturated carbocycles. The number of aliphatic imine (C=N–C) groups is 1. The third-order valence-electron chi connectivity index (χ3n) is 9.96. The number of carbonyl (C=O) groups excluding carboxylic acids is 2. The Morgan fingerprint density at radius 3 is 2.21 bits per heavy atom. The molecule has 3 N–H and O–H groups in total. The summed E-state index contributed by atoms with van der Waals surface area (Å²) >= 11 is 0. The van der Waals surface area contributed by atoms with E-state index in [2.05, 4.69) is 5.32 Å². The highest BCUT2D eigenvalue weighted by molar-refractivity contribution is 6.15. The molecule has 0 saturated heterocycles. The van der Waals surface area contributed by atoms with Crippen LogP contribution in [0.3, 0.4) is 0 Å². The molecule has 2 amide bonds. The molecule has 0 aliphatic carbocycles. The fourth-order valence-corrected chi connectivity index (χ4v) is 7.31. The summed E-state index contributed by atoms with van der Waals surface area (Å²) in [4.78, 5) is 35.7. The predicted octanol–water partition coefficient (Wildman–Crippen LogP) is 6.98. The Balaban J connectivity index is 0.988. The molecule has 0 radical (unpaired) electrons. The Morgan fingerprint density at radius 1 is 0.830 bits per heavy atom. The number of fused-ring (bicyclic) bond motifs is 5. The van der Waals surface area contributed by atoms with Crippen LogP contribution >= 0.6 is 0 Å². The quantitative estimate of drug-likeness (QED) is 0.149. The van der Waals surface area contributed by atoms with Crippen LogP contribution in [0.25, 0.3) is 0 Å². The fourth-order valence-electron chi connectivity index (χ4n) is 7.31. The van der Waals surface area contributed by atoms with Crippen molar-refractivity contribution < 1.29 is 28.5 Å². The standard InChI is InChI=1S/C42H39N5O6/c1-44-29-15-25(23-52-39-20-33(43)31(18-37(39)50-2)41(48)46-13-12-27-8-4-6-10-35(27)46)14-26(16-29)24-53-40-21-34-32(19-38(40)51-3)42(49)47-30(22-45-34)17-28-9-5-7-11-36(28)47/h4-11,14-16,18-22,30,44H,12-13,17,23-24,43H2,1-3H3. The van der Waals surface area contributed by atoms with Crippen molar-refractivity contribution >= 4 is 46.5 Å². The molecular formula is C42H39N5O6. The Kier molecular flexibility index (Phi) is 8.83. The summed E-state index contributed by atoms with van der Waals surface area (Å²) in [5, 5.41) is 3.21. The van der Waals surface area contributed by atoms with Crippen LogP contribution in [0.15, 0.2) is 96.0 Å². The van der Waals surface area contributed by atoms with Crippen molar-refractivity contribution in [1.29, 1.82) is 0 Å². The van der Waals surface area contributed by atoms with Gasteiger partial charge in [0.1, 0.15) is 13.2 Å². The van der Waals surface area contributed by atoms with Gasteiger partial charge in [0.2, 0.25) is 0 Å². The summed E-state index contributed by atoms with van der Waals surface area (Å²) in [7, 11) is 4.94. The molecule has 5 aromatic rings. The summed E-state index contributed by atoms with van der Waals surface area (Å²) in [5.41, 5.74) is 14.8. The minimum absolute atomic E-state index is 0.124. The van der Waals surface area contributed by atoms with Crippen molar-refractivity contribution in [3.8, 4) is 23.0 Å². The van der Waals surface area contributed by atoms with E-state index in [1.165, 1.54) is 7.11 Å². The molecular weight excluding hydrogens is 670 g/mol. The molecule has 3 aliphatic heterocycles. The Hall–Kier alpha value is -6.49. The second-order valence-corrected chi connectivity index (χ2v) is 13.2. The first-order chi connectivity index (χ1) is 25.8. The maximum absolute atomic E-state index is 13.8. The van der Waals surface area contributed by atoms with E-state index in [1.54, 1.807) is 36.3 Å². The van der Waals surface area contributed by atoms with Crippen LogP contribution in [0.4, 0.5) is 28.4 Å². The monoisotopic (exact) mass is 709 g/mol. The van der Waals surface area contributed by atoms with Gasteiger partial charge in [0.15, 0.2) is 23.0 Å². The van der Waals surface area contributed by atoms with E-state index in [0.29, 0.717) is 58.5 Å². The normalized spacial score (nSPS) is 15.2. The van der Waals surface area contributed by atoms with E-state index in [-0.39, 0.29) is 31.1 Å². The molecule has 1 atom stereocenters. The fraction of sp³-hybridized carbons (Fsp3) is 0.214. The molecule has 53 heavy (non-hydrogen) atoms. The van der Waals surface area contributed by atoms with Gasteiger partial charge in [-0.1, -0.05) is 36.4 Å². The van der Waals surface area contributed by atoms with Gasteiger partial charge in [-0.05, 0) is 71.1 Å². The second-order valence-electron chi connectivity index (χ2n) is 13.2. The largest absolute Gasteiger partial charge is 0.493 e. The van der Waals surface area contributed by atoms with Crippen molar-refractivity contribution in [2.24, 2.45) is 4.99 Å². The lowest BCUT2D eigenvalue weighted by atomic mass is 10.1. The summed E-state index contributed by atoms with van der Waals surface area (Å²) in [6.07, 6.45) is 3.35. The minimum atomic E-state index is -0.181. The molecule has 11 heteroatoms. The van der Waals surface area contributed by atoms with Crippen LogP contribution in [-0.2, 0) is 26.1 Å². The van der Waals surface area contributed by atoms with Gasteiger partial charge < -0.3 is 34.9 Å². The SMILES string of the molecule is CNc1cc(COc2cc(N)c(C(=O)N3CCc4ccccc43)cc2OC)cc(COc2cc3c(cc2OC)C(=O)N2c4ccccc4CC2C=N3)c1. The molecule has 11 nitrogen and oxygen atoms in total. The zero-order valence-corrected chi connectivity index (χ0v) is 29.7. The van der Waals surface area contributed by atoms with Crippen LogP contribution in [0, 0.1) is 0 Å². The van der Waals surface area contributed by atoms with Crippen LogP contribution in [-0.4, -0.2) is 51.9 Å². The van der Waals surface area contributed by atoms with Gasteiger partial charge >= 0.3 is 0 Å². The molecule has 0 spiro atoms. The molecule has 8 rings (SSSR count). The number of benzene rings is 5. The summed E-state index contributed by atoms with van der Waals surface area (Å²) in [5.74, 6) is 1.43. The topological polar surface area (TPSA) is 128 Å². The Morgan fingerprint density at radius 2 is 1.49 bits per heavy atom. The van der Waals surface area contributed by atoms with Gasteiger partial charge in [-0.3, -0.25) is 19.5 Å². The molecule has 0 fully saturated rings. The smallest absolute Gasteiger partial charge is 0.261 e. The second kappa shape index (κ2) is 13.9. The van der Waals surface area contributed by atoms with Crippen molar-refractivity contribution in [3.63, 3.8) is 0 Å². The number of nitrogen functional groups attached to an aromatic ring is 1. The number of rotatable bonds is 10. The molecule has 0 aromatic heterocycles. The average molecular weight is 710 g/mol. The summed E-state index contributed by atoms with van der Waals surface area (Å²) < 4.78 is 23.9. The highest BCUT2D eigenvalue weighted by atomic mass is 16.5. The minimum Gasteiger partial charge on any atom is -0.493 e. The summed E-state index contributed by atoms with van der Waals surface area (Å²) in [6, 6.07) is 28.4. The number of para-hydroxylation sites is 2. The van der Waals surface area contributed by atoms with E-state index in [4.69, 9.17) is 29.7 Å². The Labute approximate surface area is 307 Å². The highest BCUT2D eigenvalue weighted by Crippen LogP contribution is 2.41. The third kappa shape index (κ3) is 6.24. The lowest BCUT2D eigenvalue weighted by Gasteiger charge is -2.22. The zero-order chi connectivity index (χ0) is 36.6. The average Bonchev–Trinajstić information content (AvgIpc) is 3.76. The predicted molar refractivity (Wildman–Crippen MR) is 206 cm³/mol. The molecule has 0 bridgehead atoms. The number of nitrogens with one attached hydrogen (secondary N) is 1. The number of nitrogens with zero attached hydrogens (tertiary/aromatic N) is 3. The van der Waals surface area contributed by atoms with Crippen molar-refractivity contribution in [3.05, 3.63) is 124 Å².